The van der Waals surface area contributed by atoms with Crippen LogP contribution in [0.25, 0.3) is 21.9 Å². The van der Waals surface area contributed by atoms with Crippen LogP contribution in [0.5, 0.6) is 0 Å². The molecule has 2 heterocycles. The van der Waals surface area contributed by atoms with Crippen LogP contribution < -0.4 is 31.5 Å². The summed E-state index contributed by atoms with van der Waals surface area (Å²) in [5.41, 5.74) is 0.562. The van der Waals surface area contributed by atoms with Crippen LogP contribution in [0.15, 0.2) is 108 Å². The van der Waals surface area contributed by atoms with Crippen LogP contribution in [0.4, 0.5) is 0 Å². The minimum absolute atomic E-state index is 0.0417. The molecule has 9 heteroatoms. The number of halogens is 1. The van der Waals surface area contributed by atoms with Crippen LogP contribution in [0.1, 0.15) is 5.56 Å². The number of rotatable bonds is 5. The predicted molar refractivity (Wildman–Crippen MR) is 122 cm³/mol. The quantitative estimate of drug-likeness (QED) is 0.225. The molecule has 0 aliphatic heterocycles. The summed E-state index contributed by atoms with van der Waals surface area (Å²) < 4.78 is 44.1. The molecule has 0 unspecified atom stereocenters. The van der Waals surface area contributed by atoms with Crippen LogP contribution in [0.3, 0.4) is 0 Å². The van der Waals surface area contributed by atoms with Gasteiger partial charge in [-0.15, -0.1) is 0 Å². The molecule has 0 bridgehead atoms. The highest BCUT2D eigenvalue weighted by atomic mass is 127. The van der Waals surface area contributed by atoms with Gasteiger partial charge in [-0.25, -0.2) is 9.59 Å². The van der Waals surface area contributed by atoms with Crippen molar-refractivity contribution in [2.45, 2.75) is 11.8 Å². The van der Waals surface area contributed by atoms with Crippen molar-refractivity contribution in [1.82, 2.24) is 0 Å². The summed E-state index contributed by atoms with van der Waals surface area (Å²) in [6.45, 7) is 1.86. The monoisotopic (exact) mass is 588 g/mol. The van der Waals surface area contributed by atoms with Gasteiger partial charge >= 0.3 is 41.6 Å². The maximum atomic E-state index is 13.2. The first-order chi connectivity index (χ1) is 16.3. The van der Waals surface area contributed by atoms with Gasteiger partial charge in [-0.2, -0.15) is 8.42 Å². The molecular weight excluding hydrogens is 571 g/mol. The molecule has 0 saturated carbocycles. The second kappa shape index (κ2) is 8.82. The summed E-state index contributed by atoms with van der Waals surface area (Å²) >= 11 is -3.15. The van der Waals surface area contributed by atoms with Crippen LogP contribution >= 0.6 is 0 Å². The van der Waals surface area contributed by atoms with Gasteiger partial charge in [0.1, 0.15) is 11.2 Å². The molecule has 0 amide bonds. The molecule has 0 N–H and O–H groups in total. The Morgan fingerprint density at radius 3 is 1.65 bits per heavy atom. The topological polar surface area (TPSA) is 104 Å². The fourth-order valence-corrected chi connectivity index (χ4v) is 10.3. The molecule has 7 nitrogen and oxygen atoms in total. The van der Waals surface area contributed by atoms with Crippen molar-refractivity contribution in [3.05, 3.63) is 118 Å². The molecule has 3 aromatic carbocycles. The summed E-state index contributed by atoms with van der Waals surface area (Å²) in [4.78, 5) is 23.5. The molecule has 2 aromatic heterocycles. The molecule has 0 aliphatic rings. The Hall–Kier alpha value is -3.28. The fourth-order valence-electron chi connectivity index (χ4n) is 3.31. The van der Waals surface area contributed by atoms with Gasteiger partial charge in [0.15, 0.2) is 7.14 Å². The summed E-state index contributed by atoms with van der Waals surface area (Å²) in [6, 6.07) is 22.6. The maximum Gasteiger partial charge on any atom is 0.336 e. The maximum absolute atomic E-state index is 13.2. The highest BCUT2D eigenvalue weighted by Crippen LogP contribution is 2.14. The average Bonchev–Trinajstić information content (AvgIpc) is 2.82. The lowest BCUT2D eigenvalue weighted by atomic mass is 10.2. The van der Waals surface area contributed by atoms with Gasteiger partial charge in [0, 0.05) is 35.0 Å². The second-order valence-corrected chi connectivity index (χ2v) is 13.9. The summed E-state index contributed by atoms with van der Waals surface area (Å²) in [5, 5.41) is 1.40. The lowest BCUT2D eigenvalue weighted by Crippen LogP contribution is -3.85. The molecule has 34 heavy (non-hydrogen) atoms. The van der Waals surface area contributed by atoms with E-state index >= 15 is 0 Å². The van der Waals surface area contributed by atoms with E-state index in [-0.39, 0.29) is 4.90 Å². The molecule has 0 spiro atoms. The van der Waals surface area contributed by atoms with Gasteiger partial charge in [0.25, 0.3) is 0 Å². The van der Waals surface area contributed by atoms with E-state index in [1.807, 2.05) is 6.92 Å². The van der Waals surface area contributed by atoms with E-state index in [0.29, 0.717) is 29.1 Å². The van der Waals surface area contributed by atoms with E-state index in [9.17, 15) is 18.0 Å². The Balaban J connectivity index is 1.67. The van der Waals surface area contributed by atoms with Crippen molar-refractivity contribution >= 4 is 32.1 Å². The third-order valence-electron chi connectivity index (χ3n) is 5.02. The summed E-state index contributed by atoms with van der Waals surface area (Å²) in [6.07, 6.45) is 0. The number of hydrogen-bond donors (Lipinski definition) is 0. The molecular formula is C25H17IO7S+. The molecule has 171 valence electrons. The number of hydrogen-bond acceptors (Lipinski definition) is 7. The van der Waals surface area contributed by atoms with Crippen molar-refractivity contribution in [3.63, 3.8) is 0 Å². The van der Waals surface area contributed by atoms with Crippen molar-refractivity contribution in [1.29, 1.82) is 0 Å². The first kappa shape index (κ1) is 22.5. The zero-order chi connectivity index (χ0) is 23.9. The highest BCUT2D eigenvalue weighted by Gasteiger charge is 2.38. The van der Waals surface area contributed by atoms with Crippen LogP contribution in [-0.2, 0) is 12.6 Å². The Morgan fingerprint density at radius 2 is 1.15 bits per heavy atom. The number of fused-ring (bicyclic) bond motifs is 2. The van der Waals surface area contributed by atoms with Gasteiger partial charge in [-0.1, -0.05) is 17.7 Å². The minimum Gasteiger partial charge on any atom is -0.423 e. The third-order valence-corrected chi connectivity index (χ3v) is 12.3. The molecule has 0 saturated heterocycles. The smallest absolute Gasteiger partial charge is 0.336 e. The Kier molecular flexibility index (Phi) is 5.84. The van der Waals surface area contributed by atoms with Gasteiger partial charge in [0.05, 0.1) is 4.90 Å². The number of aryl methyl sites for hydroxylation is 1. The van der Waals surface area contributed by atoms with Crippen LogP contribution in [-0.4, -0.2) is 8.42 Å². The SMILES string of the molecule is Cc1ccc(S(=O)(=O)O[I+](c2ccc3ccc(=O)oc3c2)c2ccc3ccc(=O)oc3c2)cc1. The largest absolute Gasteiger partial charge is 0.423 e. The first-order valence-electron chi connectivity index (χ1n) is 10.1. The third kappa shape index (κ3) is 4.54. The molecule has 5 aromatic rings. The Labute approximate surface area is 201 Å². The molecule has 5 rings (SSSR count). The van der Waals surface area contributed by atoms with E-state index in [1.54, 1.807) is 60.7 Å². The summed E-state index contributed by atoms with van der Waals surface area (Å²) in [5.74, 6) is 0. The molecule has 0 atom stereocenters. The predicted octanol–water partition coefficient (Wildman–Crippen LogP) is 1.19. The zero-order valence-electron chi connectivity index (χ0n) is 17.7. The van der Waals surface area contributed by atoms with Crippen molar-refractivity contribution < 1.29 is 40.0 Å². The molecule has 0 fully saturated rings. The molecule has 0 aliphatic carbocycles. The van der Waals surface area contributed by atoms with Crippen LogP contribution in [0, 0.1) is 14.1 Å². The summed E-state index contributed by atoms with van der Waals surface area (Å²) in [7, 11) is -4.11. The van der Waals surface area contributed by atoms with Crippen molar-refractivity contribution in [2.24, 2.45) is 0 Å². The second-order valence-electron chi connectivity index (χ2n) is 7.45. The van der Waals surface area contributed by atoms with E-state index in [4.69, 9.17) is 11.3 Å². The van der Waals surface area contributed by atoms with E-state index in [1.165, 1.54) is 24.3 Å². The van der Waals surface area contributed by atoms with Gasteiger partial charge in [-0.3, -0.25) is 0 Å². The minimum atomic E-state index is -4.11. The normalized spacial score (nSPS) is 11.9. The zero-order valence-corrected chi connectivity index (χ0v) is 20.7. The van der Waals surface area contributed by atoms with Crippen LogP contribution in [0.2, 0.25) is 0 Å². The average molecular weight is 588 g/mol. The van der Waals surface area contributed by atoms with E-state index in [2.05, 4.69) is 0 Å². The van der Waals surface area contributed by atoms with Crippen molar-refractivity contribution in [2.75, 3.05) is 0 Å². The first-order valence-corrected chi connectivity index (χ1v) is 14.5. The standard InChI is InChI=1S/C25H17IO7S/c1-16-2-10-21(11-3-16)34(29,30)33-26(19-8-4-17-6-12-24(27)31-22(17)14-19)20-9-5-18-7-13-25(28)32-23(18)15-20/h2-15H,1H3/q+1. The lowest BCUT2D eigenvalue weighted by Gasteiger charge is -2.07. The Bertz CT molecular complexity index is 1660. The van der Waals surface area contributed by atoms with Gasteiger partial charge in [0.2, 0.25) is 0 Å². The highest BCUT2D eigenvalue weighted by molar-refractivity contribution is 7.86. The van der Waals surface area contributed by atoms with Crippen molar-refractivity contribution in [3.8, 4) is 0 Å². The van der Waals surface area contributed by atoms with Gasteiger partial charge in [-0.05, 0) is 58.0 Å². The molecule has 1 radical (unpaired) electrons. The Morgan fingerprint density at radius 1 is 0.676 bits per heavy atom. The van der Waals surface area contributed by atoms with E-state index in [0.717, 1.165) is 5.56 Å². The lowest BCUT2D eigenvalue weighted by molar-refractivity contribution is -1.03. The number of benzene rings is 3. The fraction of sp³-hybridized carbons (Fsp3) is 0.0400. The van der Waals surface area contributed by atoms with Gasteiger partial charge < -0.3 is 8.83 Å². The van der Waals surface area contributed by atoms with E-state index < -0.39 is 41.6 Å².